The average molecular weight is 354 g/mol. The normalized spacial score (nSPS) is 10.7. The SMILES string of the molecule is CCOC(=O)c1c(NC(=O)c2ccc3ncccc3c2)sc(C)c1C. The molecule has 3 rings (SSSR count). The molecule has 128 valence electrons. The molecule has 0 radical (unpaired) electrons. The fourth-order valence-electron chi connectivity index (χ4n) is 2.56. The molecule has 0 unspecified atom stereocenters. The van der Waals surface area contributed by atoms with E-state index < -0.39 is 5.97 Å². The minimum absolute atomic E-state index is 0.266. The van der Waals surface area contributed by atoms with Crippen LogP contribution >= 0.6 is 11.3 Å². The summed E-state index contributed by atoms with van der Waals surface area (Å²) in [4.78, 5) is 30.1. The molecular formula is C19H18N2O3S. The van der Waals surface area contributed by atoms with Crippen LogP contribution in [0.25, 0.3) is 10.9 Å². The number of carbonyl (C=O) groups excluding carboxylic acids is 2. The van der Waals surface area contributed by atoms with E-state index in [1.807, 2.05) is 26.0 Å². The number of pyridine rings is 1. The summed E-state index contributed by atoms with van der Waals surface area (Å²) in [6.07, 6.45) is 1.71. The third kappa shape index (κ3) is 3.39. The molecule has 0 saturated carbocycles. The van der Waals surface area contributed by atoms with Gasteiger partial charge in [-0.15, -0.1) is 11.3 Å². The molecule has 1 N–H and O–H groups in total. The van der Waals surface area contributed by atoms with Gasteiger partial charge in [-0.05, 0) is 50.6 Å². The van der Waals surface area contributed by atoms with E-state index in [4.69, 9.17) is 4.74 Å². The van der Waals surface area contributed by atoms with Crippen LogP contribution in [-0.4, -0.2) is 23.5 Å². The monoisotopic (exact) mass is 354 g/mol. The number of hydrogen-bond donors (Lipinski definition) is 1. The molecule has 6 heteroatoms. The topological polar surface area (TPSA) is 68.3 Å². The van der Waals surface area contributed by atoms with Crippen molar-refractivity contribution in [3.05, 3.63) is 58.1 Å². The lowest BCUT2D eigenvalue weighted by molar-refractivity contribution is 0.0527. The number of anilines is 1. The zero-order valence-corrected chi connectivity index (χ0v) is 15.1. The van der Waals surface area contributed by atoms with Gasteiger partial charge in [0.1, 0.15) is 5.00 Å². The van der Waals surface area contributed by atoms with E-state index in [9.17, 15) is 9.59 Å². The van der Waals surface area contributed by atoms with E-state index >= 15 is 0 Å². The van der Waals surface area contributed by atoms with Crippen molar-refractivity contribution in [2.75, 3.05) is 11.9 Å². The number of amides is 1. The highest BCUT2D eigenvalue weighted by molar-refractivity contribution is 7.16. The molecule has 2 heterocycles. The summed E-state index contributed by atoms with van der Waals surface area (Å²) in [5.41, 5.74) is 2.61. The Morgan fingerprint density at radius 2 is 2.04 bits per heavy atom. The number of nitrogens with zero attached hydrogens (tertiary/aromatic N) is 1. The minimum atomic E-state index is -0.414. The van der Waals surface area contributed by atoms with Gasteiger partial charge < -0.3 is 10.1 Å². The summed E-state index contributed by atoms with van der Waals surface area (Å²) in [6.45, 7) is 5.82. The highest BCUT2D eigenvalue weighted by Crippen LogP contribution is 2.33. The number of carbonyl (C=O) groups is 2. The molecule has 1 amide bonds. The first-order valence-corrected chi connectivity index (χ1v) is 8.76. The molecule has 0 aliphatic heterocycles. The van der Waals surface area contributed by atoms with Gasteiger partial charge in [0.05, 0.1) is 17.7 Å². The first-order chi connectivity index (χ1) is 12.0. The van der Waals surface area contributed by atoms with Crippen molar-refractivity contribution < 1.29 is 14.3 Å². The average Bonchev–Trinajstić information content (AvgIpc) is 2.88. The second-order valence-corrected chi connectivity index (χ2v) is 6.80. The summed E-state index contributed by atoms with van der Waals surface area (Å²) < 4.78 is 5.12. The van der Waals surface area contributed by atoms with Gasteiger partial charge in [0.15, 0.2) is 0 Å². The quantitative estimate of drug-likeness (QED) is 0.708. The van der Waals surface area contributed by atoms with Crippen LogP contribution in [0.1, 0.15) is 38.1 Å². The largest absolute Gasteiger partial charge is 0.462 e. The molecule has 0 atom stereocenters. The van der Waals surface area contributed by atoms with E-state index in [2.05, 4.69) is 10.3 Å². The van der Waals surface area contributed by atoms with Crippen LogP contribution < -0.4 is 5.32 Å². The number of nitrogens with one attached hydrogen (secondary N) is 1. The lowest BCUT2D eigenvalue weighted by Crippen LogP contribution is -2.14. The maximum absolute atomic E-state index is 12.6. The fourth-order valence-corrected chi connectivity index (χ4v) is 3.60. The molecule has 3 aromatic rings. The molecule has 0 fully saturated rings. The Balaban J connectivity index is 1.92. The van der Waals surface area contributed by atoms with Crippen LogP contribution in [0.5, 0.6) is 0 Å². The molecule has 2 aromatic heterocycles. The van der Waals surface area contributed by atoms with Gasteiger partial charge in [-0.1, -0.05) is 6.07 Å². The van der Waals surface area contributed by atoms with Crippen LogP contribution in [0.3, 0.4) is 0 Å². The number of esters is 1. The van der Waals surface area contributed by atoms with Gasteiger partial charge in [-0.25, -0.2) is 4.79 Å². The summed E-state index contributed by atoms with van der Waals surface area (Å²) in [5.74, 6) is -0.681. The lowest BCUT2D eigenvalue weighted by atomic mass is 10.1. The number of aromatic nitrogens is 1. The smallest absolute Gasteiger partial charge is 0.341 e. The van der Waals surface area contributed by atoms with Crippen LogP contribution in [0.4, 0.5) is 5.00 Å². The number of ether oxygens (including phenoxy) is 1. The molecule has 1 aromatic carbocycles. The Kier molecular flexibility index (Phi) is 4.81. The van der Waals surface area contributed by atoms with Gasteiger partial charge in [0.25, 0.3) is 5.91 Å². The third-order valence-corrected chi connectivity index (χ3v) is 5.08. The zero-order chi connectivity index (χ0) is 18.0. The van der Waals surface area contributed by atoms with Crippen molar-refractivity contribution in [1.82, 2.24) is 4.98 Å². The predicted octanol–water partition coefficient (Wildman–Crippen LogP) is 4.34. The van der Waals surface area contributed by atoms with Crippen molar-refractivity contribution in [2.45, 2.75) is 20.8 Å². The predicted molar refractivity (Wildman–Crippen MR) is 99.4 cm³/mol. The van der Waals surface area contributed by atoms with Crippen LogP contribution in [0.15, 0.2) is 36.5 Å². The second kappa shape index (κ2) is 7.03. The van der Waals surface area contributed by atoms with Crippen LogP contribution in [-0.2, 0) is 4.74 Å². The third-order valence-electron chi connectivity index (χ3n) is 3.96. The molecule has 5 nitrogen and oxygen atoms in total. The van der Waals surface area contributed by atoms with Crippen molar-refractivity contribution in [2.24, 2.45) is 0 Å². The standard InChI is InChI=1S/C19H18N2O3S/c1-4-24-19(23)16-11(2)12(3)25-18(16)21-17(22)14-7-8-15-13(10-14)6-5-9-20-15/h5-10H,4H2,1-3H3,(H,21,22). The molecule has 0 aliphatic carbocycles. The van der Waals surface area contributed by atoms with Crippen molar-refractivity contribution in [3.8, 4) is 0 Å². The van der Waals surface area contributed by atoms with E-state index in [-0.39, 0.29) is 12.5 Å². The molecule has 0 spiro atoms. The van der Waals surface area contributed by atoms with E-state index in [1.54, 1.807) is 31.3 Å². The first kappa shape index (κ1) is 17.1. The number of hydrogen-bond acceptors (Lipinski definition) is 5. The summed E-state index contributed by atoms with van der Waals surface area (Å²) in [6, 6.07) is 9.05. The summed E-state index contributed by atoms with van der Waals surface area (Å²) >= 11 is 1.38. The van der Waals surface area contributed by atoms with Crippen molar-refractivity contribution >= 4 is 39.1 Å². The Morgan fingerprint density at radius 3 is 2.80 bits per heavy atom. The highest BCUT2D eigenvalue weighted by atomic mass is 32.1. The van der Waals surface area contributed by atoms with Crippen LogP contribution in [0, 0.1) is 13.8 Å². The Hall–Kier alpha value is -2.73. The maximum Gasteiger partial charge on any atom is 0.341 e. The molecule has 25 heavy (non-hydrogen) atoms. The van der Waals surface area contributed by atoms with Gasteiger partial charge in [0.2, 0.25) is 0 Å². The maximum atomic E-state index is 12.6. The Labute approximate surface area is 149 Å². The lowest BCUT2D eigenvalue weighted by Gasteiger charge is -2.08. The Bertz CT molecular complexity index is 962. The number of rotatable bonds is 4. The van der Waals surface area contributed by atoms with Gasteiger partial charge in [-0.3, -0.25) is 9.78 Å². The van der Waals surface area contributed by atoms with Gasteiger partial charge in [-0.2, -0.15) is 0 Å². The van der Waals surface area contributed by atoms with Gasteiger partial charge >= 0.3 is 5.97 Å². The zero-order valence-electron chi connectivity index (χ0n) is 14.3. The van der Waals surface area contributed by atoms with E-state index in [0.29, 0.717) is 16.1 Å². The first-order valence-electron chi connectivity index (χ1n) is 7.94. The van der Waals surface area contributed by atoms with E-state index in [0.717, 1.165) is 21.3 Å². The van der Waals surface area contributed by atoms with E-state index in [1.165, 1.54) is 11.3 Å². The number of aryl methyl sites for hydroxylation is 1. The summed E-state index contributed by atoms with van der Waals surface area (Å²) in [5, 5.41) is 4.26. The summed E-state index contributed by atoms with van der Waals surface area (Å²) in [7, 11) is 0. The molecular weight excluding hydrogens is 336 g/mol. The highest BCUT2D eigenvalue weighted by Gasteiger charge is 2.22. The molecule has 0 bridgehead atoms. The van der Waals surface area contributed by atoms with Crippen molar-refractivity contribution in [3.63, 3.8) is 0 Å². The van der Waals surface area contributed by atoms with Crippen LogP contribution in [0.2, 0.25) is 0 Å². The Morgan fingerprint density at radius 1 is 1.24 bits per heavy atom. The fraction of sp³-hybridized carbons (Fsp3) is 0.211. The number of fused-ring (bicyclic) bond motifs is 1. The van der Waals surface area contributed by atoms with Crippen molar-refractivity contribution in [1.29, 1.82) is 0 Å². The molecule has 0 saturated heterocycles. The van der Waals surface area contributed by atoms with Gasteiger partial charge in [0, 0.05) is 22.0 Å². The second-order valence-electron chi connectivity index (χ2n) is 5.57. The number of thiophene rings is 1. The molecule has 0 aliphatic rings. The number of benzene rings is 1. The minimum Gasteiger partial charge on any atom is -0.462 e.